The van der Waals surface area contributed by atoms with Gasteiger partial charge in [0, 0.05) is 12.8 Å². The van der Waals surface area contributed by atoms with Crippen LogP contribution < -0.4 is 5.63 Å². The van der Waals surface area contributed by atoms with Crippen LogP contribution in [0.5, 0.6) is 5.75 Å². The molecule has 6 nitrogen and oxygen atoms in total. The molecule has 0 saturated heterocycles. The van der Waals surface area contributed by atoms with Crippen molar-refractivity contribution in [2.75, 3.05) is 6.54 Å². The number of benzene rings is 2. The molecule has 2 aromatic carbocycles. The first-order chi connectivity index (χ1) is 12.2. The number of hydrogen-bond donors (Lipinski definition) is 1. The SMILES string of the molecule is O=c1oc2ccccc2c(O)c1C=NCCn1cnc2ccccc21. The van der Waals surface area contributed by atoms with Crippen molar-refractivity contribution in [1.82, 2.24) is 9.55 Å². The van der Waals surface area contributed by atoms with Crippen molar-refractivity contribution in [3.63, 3.8) is 0 Å². The Morgan fingerprint density at radius 2 is 1.96 bits per heavy atom. The Balaban J connectivity index is 1.56. The average molecular weight is 333 g/mol. The molecule has 0 saturated carbocycles. The number of aliphatic imine (C=N–C) groups is 1. The summed E-state index contributed by atoms with van der Waals surface area (Å²) in [4.78, 5) is 20.6. The van der Waals surface area contributed by atoms with Crippen molar-refractivity contribution in [3.05, 3.63) is 70.8 Å². The van der Waals surface area contributed by atoms with Gasteiger partial charge < -0.3 is 14.1 Å². The Morgan fingerprint density at radius 3 is 2.88 bits per heavy atom. The average Bonchev–Trinajstić information content (AvgIpc) is 3.04. The van der Waals surface area contributed by atoms with Gasteiger partial charge in [-0.15, -0.1) is 0 Å². The quantitative estimate of drug-likeness (QED) is 0.460. The van der Waals surface area contributed by atoms with Gasteiger partial charge in [-0.1, -0.05) is 24.3 Å². The Hall–Kier alpha value is -3.41. The first-order valence-electron chi connectivity index (χ1n) is 7.88. The van der Waals surface area contributed by atoms with Crippen LogP contribution in [0.2, 0.25) is 0 Å². The van der Waals surface area contributed by atoms with Crippen molar-refractivity contribution in [3.8, 4) is 5.75 Å². The minimum absolute atomic E-state index is 0.0641. The van der Waals surface area contributed by atoms with Crippen LogP contribution in [0.1, 0.15) is 5.56 Å². The van der Waals surface area contributed by atoms with Crippen LogP contribution in [-0.2, 0) is 6.54 Å². The van der Waals surface area contributed by atoms with Crippen LogP contribution in [0.3, 0.4) is 0 Å². The minimum atomic E-state index is -0.604. The molecule has 2 aromatic heterocycles. The van der Waals surface area contributed by atoms with Crippen molar-refractivity contribution < 1.29 is 9.52 Å². The van der Waals surface area contributed by atoms with E-state index in [0.717, 1.165) is 11.0 Å². The highest BCUT2D eigenvalue weighted by atomic mass is 16.4. The predicted molar refractivity (Wildman–Crippen MR) is 96.3 cm³/mol. The van der Waals surface area contributed by atoms with Gasteiger partial charge in [0.15, 0.2) is 0 Å². The number of aromatic nitrogens is 2. The highest BCUT2D eigenvalue weighted by Crippen LogP contribution is 2.24. The molecule has 1 N–H and O–H groups in total. The van der Waals surface area contributed by atoms with E-state index >= 15 is 0 Å². The molecule has 124 valence electrons. The number of hydrogen-bond acceptors (Lipinski definition) is 5. The molecular weight excluding hydrogens is 318 g/mol. The molecule has 2 heterocycles. The van der Waals surface area contributed by atoms with E-state index in [1.165, 1.54) is 6.21 Å². The standard InChI is InChI=1S/C19H15N3O3/c23-18-13-5-1-4-8-17(13)25-19(24)14(18)11-20-9-10-22-12-21-15-6-2-3-7-16(15)22/h1-8,11-12,23H,9-10H2. The van der Waals surface area contributed by atoms with Crippen LogP contribution in [0, 0.1) is 0 Å². The zero-order valence-corrected chi connectivity index (χ0v) is 13.3. The first-order valence-corrected chi connectivity index (χ1v) is 7.88. The molecule has 25 heavy (non-hydrogen) atoms. The summed E-state index contributed by atoms with van der Waals surface area (Å²) in [6, 6.07) is 14.7. The summed E-state index contributed by atoms with van der Waals surface area (Å²) in [6.07, 6.45) is 3.13. The molecule has 0 amide bonds. The summed E-state index contributed by atoms with van der Waals surface area (Å²) in [5, 5.41) is 10.8. The van der Waals surface area contributed by atoms with E-state index in [2.05, 4.69) is 9.98 Å². The lowest BCUT2D eigenvalue weighted by molar-refractivity contribution is 0.466. The van der Waals surface area contributed by atoms with Crippen LogP contribution in [0.15, 0.2) is 69.1 Å². The molecule has 0 atom stereocenters. The normalized spacial score (nSPS) is 11.7. The zero-order chi connectivity index (χ0) is 17.2. The lowest BCUT2D eigenvalue weighted by Crippen LogP contribution is -2.08. The maximum absolute atomic E-state index is 12.0. The maximum Gasteiger partial charge on any atom is 0.348 e. The van der Waals surface area contributed by atoms with Crippen LogP contribution in [-0.4, -0.2) is 27.4 Å². The number of fused-ring (bicyclic) bond motifs is 2. The molecule has 0 aliphatic carbocycles. The summed E-state index contributed by atoms with van der Waals surface area (Å²) in [7, 11) is 0. The number of nitrogens with zero attached hydrogens (tertiary/aromatic N) is 3. The summed E-state index contributed by atoms with van der Waals surface area (Å²) in [5.41, 5.74) is 1.78. The van der Waals surface area contributed by atoms with Crippen molar-refractivity contribution in [2.45, 2.75) is 6.54 Å². The van der Waals surface area contributed by atoms with Gasteiger partial charge in [0.05, 0.1) is 29.3 Å². The monoisotopic (exact) mass is 333 g/mol. The van der Waals surface area contributed by atoms with Crippen LogP contribution in [0.4, 0.5) is 0 Å². The van der Waals surface area contributed by atoms with E-state index in [4.69, 9.17) is 4.42 Å². The van der Waals surface area contributed by atoms with E-state index in [0.29, 0.717) is 24.1 Å². The molecule has 0 radical (unpaired) electrons. The van der Waals surface area contributed by atoms with Crippen LogP contribution >= 0.6 is 0 Å². The summed E-state index contributed by atoms with van der Waals surface area (Å²) in [6.45, 7) is 1.07. The first kappa shape index (κ1) is 15.1. The Labute approximate surface area is 142 Å². The maximum atomic E-state index is 12.0. The minimum Gasteiger partial charge on any atom is -0.506 e. The number of imidazole rings is 1. The van der Waals surface area contributed by atoms with E-state index in [9.17, 15) is 9.90 Å². The highest BCUT2D eigenvalue weighted by Gasteiger charge is 2.11. The molecule has 4 aromatic rings. The van der Waals surface area contributed by atoms with Crippen molar-refractivity contribution in [2.24, 2.45) is 4.99 Å². The molecule has 0 unspecified atom stereocenters. The Morgan fingerprint density at radius 1 is 1.16 bits per heavy atom. The topological polar surface area (TPSA) is 80.6 Å². The molecule has 0 spiro atoms. The second-order valence-electron chi connectivity index (χ2n) is 5.61. The Bertz CT molecular complexity index is 1140. The number of aromatic hydroxyl groups is 1. The Kier molecular flexibility index (Phi) is 3.78. The van der Waals surface area contributed by atoms with Gasteiger partial charge in [0.2, 0.25) is 0 Å². The second kappa shape index (κ2) is 6.24. The molecule has 0 bridgehead atoms. The third-order valence-electron chi connectivity index (χ3n) is 4.04. The second-order valence-corrected chi connectivity index (χ2v) is 5.61. The van der Waals surface area contributed by atoms with Crippen LogP contribution in [0.25, 0.3) is 22.0 Å². The molecule has 6 heteroatoms. The number of rotatable bonds is 4. The lowest BCUT2D eigenvalue weighted by Gasteiger charge is -2.03. The molecule has 4 rings (SSSR count). The van der Waals surface area contributed by atoms with Crippen molar-refractivity contribution in [1.29, 1.82) is 0 Å². The predicted octanol–water partition coefficient (Wildman–Crippen LogP) is 2.97. The van der Waals surface area contributed by atoms with Gasteiger partial charge in [0.25, 0.3) is 0 Å². The van der Waals surface area contributed by atoms with Gasteiger partial charge in [-0.25, -0.2) is 9.78 Å². The summed E-state index contributed by atoms with van der Waals surface area (Å²) in [5.74, 6) is -0.108. The fourth-order valence-electron chi connectivity index (χ4n) is 2.77. The summed E-state index contributed by atoms with van der Waals surface area (Å²) < 4.78 is 7.21. The molecular formula is C19H15N3O3. The van der Waals surface area contributed by atoms with Gasteiger partial charge in [-0.2, -0.15) is 0 Å². The smallest absolute Gasteiger partial charge is 0.348 e. The fourth-order valence-corrected chi connectivity index (χ4v) is 2.77. The van der Waals surface area contributed by atoms with E-state index in [1.54, 1.807) is 30.6 Å². The van der Waals surface area contributed by atoms with Gasteiger partial charge >= 0.3 is 5.63 Å². The van der Waals surface area contributed by atoms with E-state index in [1.807, 2.05) is 28.8 Å². The van der Waals surface area contributed by atoms with E-state index < -0.39 is 5.63 Å². The summed E-state index contributed by atoms with van der Waals surface area (Å²) >= 11 is 0. The van der Waals surface area contributed by atoms with Crippen molar-refractivity contribution >= 4 is 28.2 Å². The van der Waals surface area contributed by atoms with Gasteiger partial charge in [0.1, 0.15) is 16.9 Å². The van der Waals surface area contributed by atoms with Gasteiger partial charge in [-0.05, 0) is 24.3 Å². The number of para-hydroxylation sites is 3. The largest absolute Gasteiger partial charge is 0.506 e. The molecule has 0 aliphatic heterocycles. The molecule has 0 aliphatic rings. The third-order valence-corrected chi connectivity index (χ3v) is 4.04. The van der Waals surface area contributed by atoms with Gasteiger partial charge in [-0.3, -0.25) is 4.99 Å². The highest BCUT2D eigenvalue weighted by molar-refractivity contribution is 5.93. The van der Waals surface area contributed by atoms with E-state index in [-0.39, 0.29) is 11.3 Å². The molecule has 0 fully saturated rings. The lowest BCUT2D eigenvalue weighted by atomic mass is 10.1. The third kappa shape index (κ3) is 2.78. The fraction of sp³-hybridized carbons (Fsp3) is 0.105. The zero-order valence-electron chi connectivity index (χ0n) is 13.3.